The van der Waals surface area contributed by atoms with Crippen LogP contribution in [0.25, 0.3) is 0 Å². The Kier molecular flexibility index (Phi) is 3.90. The first-order valence-corrected chi connectivity index (χ1v) is 5.57. The Balaban J connectivity index is 3.31. The van der Waals surface area contributed by atoms with Gasteiger partial charge in [-0.2, -0.15) is 0 Å². The van der Waals surface area contributed by atoms with Gasteiger partial charge in [-0.25, -0.2) is 0 Å². The van der Waals surface area contributed by atoms with Crippen LogP contribution in [0.2, 0.25) is 0 Å². The van der Waals surface area contributed by atoms with Crippen LogP contribution in [0.4, 0.5) is 0 Å². The van der Waals surface area contributed by atoms with Crippen LogP contribution in [0, 0.1) is 3.57 Å². The second kappa shape index (κ2) is 4.74. The van der Waals surface area contributed by atoms with E-state index in [2.05, 4.69) is 42.5 Å². The molecule has 0 bridgehead atoms. The molecule has 0 aliphatic rings. The number of benzene rings is 1. The van der Waals surface area contributed by atoms with Crippen molar-refractivity contribution in [3.05, 3.63) is 32.4 Å². The van der Waals surface area contributed by atoms with E-state index < -0.39 is 0 Å². The summed E-state index contributed by atoms with van der Waals surface area (Å²) in [5.41, 5.74) is 3.50. The summed E-state index contributed by atoms with van der Waals surface area (Å²) in [5, 5.41) is 0. The number of hydrogen-bond acceptors (Lipinski definition) is 1. The molecular weight excluding hydrogens is 275 g/mol. The molecule has 0 N–H and O–H groups in total. The summed E-state index contributed by atoms with van der Waals surface area (Å²) < 4.78 is 1.12. The summed E-state index contributed by atoms with van der Waals surface area (Å²) >= 11 is 2.26. The Hall–Kier alpha value is -0.380. The van der Waals surface area contributed by atoms with Gasteiger partial charge in [-0.05, 0) is 46.6 Å². The quantitative estimate of drug-likeness (QED) is 0.616. The molecule has 0 unspecified atom stereocenters. The average molecular weight is 288 g/mol. The van der Waals surface area contributed by atoms with Crippen LogP contribution >= 0.6 is 22.6 Å². The molecule has 0 spiro atoms. The molecule has 2 heteroatoms. The highest BCUT2D eigenvalue weighted by Crippen LogP contribution is 2.21. The number of aryl methyl sites for hydroxylation is 1. The van der Waals surface area contributed by atoms with Gasteiger partial charge in [0.1, 0.15) is 0 Å². The Bertz CT molecular complexity index is 318. The fraction of sp³-hybridized carbons (Fsp3) is 0.364. The summed E-state index contributed by atoms with van der Waals surface area (Å²) in [6.07, 6.45) is 2.97. The first kappa shape index (κ1) is 10.7. The molecular formula is C11H13IO. The lowest BCUT2D eigenvalue weighted by atomic mass is 10.0. The number of halogens is 1. The number of carbonyl (C=O) groups excluding carboxylic acids is 1. The maximum Gasteiger partial charge on any atom is 0.151 e. The van der Waals surface area contributed by atoms with E-state index in [1.54, 1.807) is 0 Å². The van der Waals surface area contributed by atoms with Crippen molar-refractivity contribution in [1.82, 2.24) is 0 Å². The Morgan fingerprint density at radius 3 is 2.46 bits per heavy atom. The van der Waals surface area contributed by atoms with Gasteiger partial charge in [-0.15, -0.1) is 0 Å². The number of rotatable bonds is 3. The van der Waals surface area contributed by atoms with Gasteiger partial charge in [0.25, 0.3) is 0 Å². The maximum atomic E-state index is 10.7. The molecule has 0 atom stereocenters. The van der Waals surface area contributed by atoms with Gasteiger partial charge in [-0.3, -0.25) is 4.79 Å². The minimum absolute atomic E-state index is 0.814. The van der Waals surface area contributed by atoms with E-state index in [9.17, 15) is 4.79 Å². The van der Waals surface area contributed by atoms with Crippen molar-refractivity contribution in [3.8, 4) is 0 Å². The van der Waals surface area contributed by atoms with Crippen LogP contribution in [-0.2, 0) is 12.8 Å². The fourth-order valence-electron chi connectivity index (χ4n) is 1.48. The first-order chi connectivity index (χ1) is 6.24. The standard InChI is InChI=1S/C11H13IO/c1-3-8-5-6-9(7-13)11(12)10(8)4-2/h5-7H,3-4H2,1-2H3. The highest BCUT2D eigenvalue weighted by Gasteiger charge is 2.07. The molecule has 1 rings (SSSR count). The topological polar surface area (TPSA) is 17.1 Å². The van der Waals surface area contributed by atoms with E-state index in [4.69, 9.17) is 0 Å². The minimum Gasteiger partial charge on any atom is -0.298 e. The van der Waals surface area contributed by atoms with Gasteiger partial charge in [0.15, 0.2) is 6.29 Å². The number of hydrogen-bond donors (Lipinski definition) is 0. The molecule has 0 radical (unpaired) electrons. The smallest absolute Gasteiger partial charge is 0.151 e. The van der Waals surface area contributed by atoms with Crippen molar-refractivity contribution in [1.29, 1.82) is 0 Å². The lowest BCUT2D eigenvalue weighted by Crippen LogP contribution is -1.98. The van der Waals surface area contributed by atoms with Crippen LogP contribution in [0.5, 0.6) is 0 Å². The van der Waals surface area contributed by atoms with E-state index in [-0.39, 0.29) is 0 Å². The molecule has 0 heterocycles. The Labute approximate surface area is 92.7 Å². The fourth-order valence-corrected chi connectivity index (χ4v) is 2.52. The highest BCUT2D eigenvalue weighted by molar-refractivity contribution is 14.1. The minimum atomic E-state index is 0.814. The van der Waals surface area contributed by atoms with Crippen LogP contribution in [0.15, 0.2) is 12.1 Å². The summed E-state index contributed by atoms with van der Waals surface area (Å²) in [4.78, 5) is 10.7. The zero-order chi connectivity index (χ0) is 9.84. The molecule has 0 saturated carbocycles. The summed E-state index contributed by atoms with van der Waals surface area (Å²) in [5.74, 6) is 0. The van der Waals surface area contributed by atoms with Crippen molar-refractivity contribution in [3.63, 3.8) is 0 Å². The second-order valence-electron chi connectivity index (χ2n) is 2.93. The van der Waals surface area contributed by atoms with Gasteiger partial charge < -0.3 is 0 Å². The monoisotopic (exact) mass is 288 g/mol. The zero-order valence-corrected chi connectivity index (χ0v) is 10.1. The molecule has 0 amide bonds. The molecule has 1 aromatic rings. The largest absolute Gasteiger partial charge is 0.298 e. The third-order valence-corrected chi connectivity index (χ3v) is 3.51. The molecule has 1 nitrogen and oxygen atoms in total. The highest BCUT2D eigenvalue weighted by atomic mass is 127. The Morgan fingerprint density at radius 1 is 1.31 bits per heavy atom. The van der Waals surface area contributed by atoms with Gasteiger partial charge in [0, 0.05) is 9.13 Å². The van der Waals surface area contributed by atoms with E-state index in [0.29, 0.717) is 0 Å². The third kappa shape index (κ3) is 2.10. The van der Waals surface area contributed by atoms with Crippen molar-refractivity contribution in [2.24, 2.45) is 0 Å². The predicted octanol–water partition coefficient (Wildman–Crippen LogP) is 3.23. The predicted molar refractivity (Wildman–Crippen MR) is 63.3 cm³/mol. The number of aldehydes is 1. The van der Waals surface area contributed by atoms with Crippen LogP contribution in [0.3, 0.4) is 0 Å². The van der Waals surface area contributed by atoms with Crippen molar-refractivity contribution in [2.45, 2.75) is 26.7 Å². The molecule has 1 aromatic carbocycles. The molecule has 0 saturated heterocycles. The first-order valence-electron chi connectivity index (χ1n) is 4.50. The van der Waals surface area contributed by atoms with E-state index in [1.807, 2.05) is 6.07 Å². The van der Waals surface area contributed by atoms with E-state index in [0.717, 1.165) is 28.3 Å². The lowest BCUT2D eigenvalue weighted by molar-refractivity contribution is 0.112. The summed E-state index contributed by atoms with van der Waals surface area (Å²) in [7, 11) is 0. The van der Waals surface area contributed by atoms with Gasteiger partial charge >= 0.3 is 0 Å². The molecule has 0 aliphatic carbocycles. The third-order valence-electron chi connectivity index (χ3n) is 2.23. The summed E-state index contributed by atoms with van der Waals surface area (Å²) in [6, 6.07) is 3.97. The summed E-state index contributed by atoms with van der Waals surface area (Å²) in [6.45, 7) is 4.27. The lowest BCUT2D eigenvalue weighted by Gasteiger charge is -2.09. The SMILES string of the molecule is CCc1ccc(C=O)c(I)c1CC. The molecule has 0 fully saturated rings. The van der Waals surface area contributed by atoms with Gasteiger partial charge in [0.2, 0.25) is 0 Å². The van der Waals surface area contributed by atoms with E-state index >= 15 is 0 Å². The normalized spacial score (nSPS) is 10.1. The van der Waals surface area contributed by atoms with Crippen molar-refractivity contribution < 1.29 is 4.79 Å². The zero-order valence-electron chi connectivity index (χ0n) is 7.93. The van der Waals surface area contributed by atoms with Crippen LogP contribution in [-0.4, -0.2) is 6.29 Å². The maximum absolute atomic E-state index is 10.7. The second-order valence-corrected chi connectivity index (χ2v) is 4.01. The van der Waals surface area contributed by atoms with E-state index in [1.165, 1.54) is 11.1 Å². The van der Waals surface area contributed by atoms with Crippen molar-refractivity contribution in [2.75, 3.05) is 0 Å². The molecule has 13 heavy (non-hydrogen) atoms. The Morgan fingerprint density at radius 2 is 2.00 bits per heavy atom. The van der Waals surface area contributed by atoms with Gasteiger partial charge in [0.05, 0.1) is 0 Å². The number of carbonyl (C=O) groups is 1. The molecule has 70 valence electrons. The average Bonchev–Trinajstić information content (AvgIpc) is 2.17. The van der Waals surface area contributed by atoms with Crippen LogP contribution < -0.4 is 0 Å². The van der Waals surface area contributed by atoms with Gasteiger partial charge in [-0.1, -0.05) is 26.0 Å². The molecule has 0 aromatic heterocycles. The molecule has 0 aliphatic heterocycles. The van der Waals surface area contributed by atoms with Crippen molar-refractivity contribution >= 4 is 28.9 Å². The van der Waals surface area contributed by atoms with Crippen LogP contribution in [0.1, 0.15) is 35.3 Å².